The highest BCUT2D eigenvalue weighted by Crippen LogP contribution is 2.23. The molecule has 0 radical (unpaired) electrons. The lowest BCUT2D eigenvalue weighted by atomic mass is 10.4. The van der Waals surface area contributed by atoms with E-state index in [4.69, 9.17) is 4.79 Å². The van der Waals surface area contributed by atoms with Crippen molar-refractivity contribution in [2.45, 2.75) is 18.6 Å². The van der Waals surface area contributed by atoms with Crippen LogP contribution in [-0.4, -0.2) is 64.6 Å². The van der Waals surface area contributed by atoms with Crippen molar-refractivity contribution in [3.05, 3.63) is 0 Å². The molecule has 1 rings (SSSR count). The van der Waals surface area contributed by atoms with E-state index in [9.17, 15) is 4.79 Å². The summed E-state index contributed by atoms with van der Waals surface area (Å²) < 4.78 is 0. The Morgan fingerprint density at radius 1 is 1.59 bits per heavy atom. The fourth-order valence-corrected chi connectivity index (χ4v) is 2.43. The van der Waals surface area contributed by atoms with Crippen molar-refractivity contribution in [2.24, 2.45) is 0 Å². The number of rotatable bonds is 3. The molecule has 1 aliphatic rings. The molecule has 0 aromatic rings. The average Bonchev–Trinajstić information content (AvgIpc) is 2.55. The maximum atomic E-state index is 11.9. The van der Waals surface area contributed by atoms with Crippen molar-refractivity contribution >= 4 is 22.8 Å². The van der Waals surface area contributed by atoms with Gasteiger partial charge < -0.3 is 4.90 Å². The van der Waals surface area contributed by atoms with E-state index in [1.54, 1.807) is 11.8 Å². The summed E-state index contributed by atoms with van der Waals surface area (Å²) in [6.45, 7) is 3.55. The molecular weight excluding hydrogens is 236 g/mol. The number of carbonyl (C=O) groups is 1. The lowest BCUT2D eigenvalue weighted by molar-refractivity contribution is -0.126. The number of carbonyl (C=O) groups excluding carboxylic acids is 2. The molecule has 1 atom stereocenters. The van der Waals surface area contributed by atoms with Gasteiger partial charge in [0.2, 0.25) is 5.91 Å². The van der Waals surface area contributed by atoms with Crippen LogP contribution in [0.15, 0.2) is 0 Å². The first-order chi connectivity index (χ1) is 8.00. The Bertz CT molecular complexity index is 357. The van der Waals surface area contributed by atoms with Gasteiger partial charge in [0.1, 0.15) is 0 Å². The number of likely N-dealkylation sites (tertiary alicyclic amines) is 1. The van der Waals surface area contributed by atoms with Crippen LogP contribution in [0, 0.1) is 11.8 Å². The Balaban J connectivity index is 2.39. The van der Waals surface area contributed by atoms with Gasteiger partial charge in [-0.05, 0) is 32.3 Å². The molecule has 1 saturated heterocycles. The Hall–Kier alpha value is -0.990. The van der Waals surface area contributed by atoms with Gasteiger partial charge in [-0.15, -0.1) is 0 Å². The molecule has 1 heterocycles. The van der Waals surface area contributed by atoms with Crippen LogP contribution < -0.4 is 0 Å². The predicted molar refractivity (Wildman–Crippen MR) is 71.5 cm³/mol. The Kier molecular flexibility index (Phi) is 5.52. The van der Waals surface area contributed by atoms with E-state index in [-0.39, 0.29) is 16.3 Å². The molecule has 94 valence electrons. The largest absolute Gasteiger partial charge is 0.348 e. The maximum absolute atomic E-state index is 11.9. The highest BCUT2D eigenvalue weighted by atomic mass is 32.2. The third-order valence-electron chi connectivity index (χ3n) is 2.35. The van der Waals surface area contributed by atoms with Crippen LogP contribution in [0.1, 0.15) is 13.3 Å². The number of thioether (sulfide) groups is 1. The van der Waals surface area contributed by atoms with Gasteiger partial charge in [0.05, 0.1) is 25.3 Å². The number of hydrogen-bond acceptors (Lipinski definition) is 3. The van der Waals surface area contributed by atoms with Crippen LogP contribution in [0.3, 0.4) is 0 Å². The smallest absolute Gasteiger partial charge is 0.331 e. The van der Waals surface area contributed by atoms with Crippen LogP contribution in [0.4, 0.5) is 0 Å². The van der Waals surface area contributed by atoms with E-state index in [0.29, 0.717) is 13.1 Å². The van der Waals surface area contributed by atoms with Crippen LogP contribution in [0.25, 0.3) is 0 Å². The molecular formula is C12H19N2O2S+. The summed E-state index contributed by atoms with van der Waals surface area (Å²) in [5.74, 6) is 6.09. The fraction of sp³-hybridized carbons (Fsp3) is 0.667. The van der Waals surface area contributed by atoms with Crippen LogP contribution >= 0.6 is 11.8 Å². The van der Waals surface area contributed by atoms with Gasteiger partial charge in [0.25, 0.3) is 0 Å². The summed E-state index contributed by atoms with van der Waals surface area (Å²) in [5, 5.41) is 0.125. The lowest BCUT2D eigenvalue weighted by Gasteiger charge is -2.11. The Labute approximate surface area is 107 Å². The Morgan fingerprint density at radius 2 is 2.29 bits per heavy atom. The second-order valence-corrected chi connectivity index (χ2v) is 5.66. The van der Waals surface area contributed by atoms with Crippen LogP contribution in [0.2, 0.25) is 0 Å². The van der Waals surface area contributed by atoms with Crippen molar-refractivity contribution in [3.63, 3.8) is 0 Å². The van der Waals surface area contributed by atoms with Gasteiger partial charge in [-0.2, -0.15) is 0 Å². The first kappa shape index (κ1) is 14.1. The molecule has 5 heteroatoms. The fourth-order valence-electron chi connectivity index (χ4n) is 1.55. The van der Waals surface area contributed by atoms with Crippen molar-refractivity contribution in [3.8, 4) is 11.8 Å². The maximum Gasteiger partial charge on any atom is 0.348 e. The molecule has 0 aromatic heterocycles. The van der Waals surface area contributed by atoms with Gasteiger partial charge in [-0.3, -0.25) is 14.5 Å². The molecule has 4 nitrogen and oxygen atoms in total. The number of nitrogens with zero attached hydrogens (tertiary/aromatic N) is 2. The second kappa shape index (κ2) is 6.67. The van der Waals surface area contributed by atoms with E-state index >= 15 is 0 Å². The summed E-state index contributed by atoms with van der Waals surface area (Å²) >= 11 is 1.24. The second-order valence-electron chi connectivity index (χ2n) is 4.27. The van der Waals surface area contributed by atoms with Crippen LogP contribution in [0.5, 0.6) is 0 Å². The lowest BCUT2D eigenvalue weighted by Crippen LogP contribution is -2.29. The van der Waals surface area contributed by atoms with E-state index in [0.717, 1.165) is 13.0 Å². The molecule has 0 spiro atoms. The summed E-state index contributed by atoms with van der Waals surface area (Å²) in [6.07, 6.45) is 0.788. The first-order valence-electron chi connectivity index (χ1n) is 5.59. The molecule has 17 heavy (non-hydrogen) atoms. The molecule has 0 aromatic carbocycles. The van der Waals surface area contributed by atoms with E-state index < -0.39 is 0 Å². The van der Waals surface area contributed by atoms with Gasteiger partial charge >= 0.3 is 5.12 Å². The molecule has 1 aliphatic heterocycles. The van der Waals surface area contributed by atoms with Crippen molar-refractivity contribution < 1.29 is 9.59 Å². The van der Waals surface area contributed by atoms with Crippen molar-refractivity contribution in [2.75, 3.05) is 33.7 Å². The molecule has 1 amide bonds. The molecule has 0 bridgehead atoms. The highest BCUT2D eigenvalue weighted by molar-refractivity contribution is 8.14. The number of hydrogen-bond donors (Lipinski definition) is 0. The summed E-state index contributed by atoms with van der Waals surface area (Å²) in [5.41, 5.74) is 0. The third kappa shape index (κ3) is 4.80. The molecule has 0 saturated carbocycles. The summed E-state index contributed by atoms with van der Waals surface area (Å²) in [4.78, 5) is 24.8. The normalized spacial score (nSPS) is 19.4. The summed E-state index contributed by atoms with van der Waals surface area (Å²) in [7, 11) is 3.92. The minimum atomic E-state index is -0.129. The minimum Gasteiger partial charge on any atom is -0.331 e. The molecule has 0 aliphatic carbocycles. The third-order valence-corrected chi connectivity index (χ3v) is 3.41. The van der Waals surface area contributed by atoms with E-state index in [1.807, 2.05) is 19.0 Å². The predicted octanol–water partition coefficient (Wildman–Crippen LogP) is 0.408. The quantitative estimate of drug-likeness (QED) is 0.542. The van der Waals surface area contributed by atoms with Gasteiger partial charge in [0, 0.05) is 6.54 Å². The Morgan fingerprint density at radius 3 is 2.88 bits per heavy atom. The van der Waals surface area contributed by atoms with Gasteiger partial charge in [0.15, 0.2) is 0 Å². The van der Waals surface area contributed by atoms with Gasteiger partial charge in [-0.25, -0.2) is 0 Å². The topological polar surface area (TPSA) is 45.0 Å². The zero-order valence-electron chi connectivity index (χ0n) is 10.6. The van der Waals surface area contributed by atoms with E-state index in [2.05, 4.69) is 11.8 Å². The zero-order chi connectivity index (χ0) is 12.8. The molecule has 1 fully saturated rings. The summed E-state index contributed by atoms with van der Waals surface area (Å²) in [6, 6.07) is 0. The first-order valence-corrected chi connectivity index (χ1v) is 6.47. The minimum absolute atomic E-state index is 0.0857. The van der Waals surface area contributed by atoms with Crippen molar-refractivity contribution in [1.29, 1.82) is 0 Å². The number of amides is 1. The average molecular weight is 255 g/mol. The standard InChI is InChI=1S/C12H18N2O2S/c1-10(15)17-11-6-9-14(12(11)16)8-5-4-7-13(2)3/h11H,6-9H2,1-3H3/p+1/t11-/m0/s1. The highest BCUT2D eigenvalue weighted by Gasteiger charge is 2.33. The SMILES string of the molecule is CC(=[OH+])S[C@H]1CCN(CC#CCN(C)C)C1=O. The van der Waals surface area contributed by atoms with E-state index in [1.165, 1.54) is 11.8 Å². The van der Waals surface area contributed by atoms with Crippen molar-refractivity contribution in [1.82, 2.24) is 9.80 Å². The van der Waals surface area contributed by atoms with Gasteiger partial charge in [-0.1, -0.05) is 11.8 Å². The monoisotopic (exact) mass is 255 g/mol. The molecule has 0 unspecified atom stereocenters. The van der Waals surface area contributed by atoms with Crippen LogP contribution in [-0.2, 0) is 4.79 Å². The molecule has 1 N–H and O–H groups in total. The zero-order valence-corrected chi connectivity index (χ0v) is 11.4.